The van der Waals surface area contributed by atoms with Gasteiger partial charge in [0.05, 0.1) is 0 Å². The number of halogens is 1. The Balaban J connectivity index is 1.82. The zero-order valence-electron chi connectivity index (χ0n) is 13.1. The number of benzene rings is 1. The summed E-state index contributed by atoms with van der Waals surface area (Å²) in [6, 6.07) is 4.11. The fourth-order valence-corrected chi connectivity index (χ4v) is 3.69. The molecule has 2 N–H and O–H groups in total. The van der Waals surface area contributed by atoms with Crippen molar-refractivity contribution in [1.29, 1.82) is 0 Å². The standard InChI is InChI=1S/C17H26FN3/c1-12-9-17(15(13(2)19)10-16(12)18)21-8-5-14(11-21)20-6-3-4-7-20/h9-10,13-14H,3-8,11,19H2,1-2H3/t13-,14?/m0/s1. The molecule has 0 amide bonds. The van der Waals surface area contributed by atoms with E-state index in [4.69, 9.17) is 5.73 Å². The van der Waals surface area contributed by atoms with Crippen molar-refractivity contribution in [3.05, 3.63) is 29.1 Å². The topological polar surface area (TPSA) is 32.5 Å². The van der Waals surface area contributed by atoms with Crippen LogP contribution in [0.1, 0.15) is 43.4 Å². The van der Waals surface area contributed by atoms with Crippen molar-refractivity contribution in [2.75, 3.05) is 31.1 Å². The molecule has 2 aliphatic rings. The Morgan fingerprint density at radius 2 is 1.95 bits per heavy atom. The Morgan fingerprint density at radius 1 is 1.24 bits per heavy atom. The van der Waals surface area contributed by atoms with Crippen LogP contribution in [-0.2, 0) is 0 Å². The first-order chi connectivity index (χ1) is 10.1. The van der Waals surface area contributed by atoms with E-state index in [1.54, 1.807) is 6.07 Å². The smallest absolute Gasteiger partial charge is 0.126 e. The number of hydrogen-bond donors (Lipinski definition) is 1. The highest BCUT2D eigenvalue weighted by molar-refractivity contribution is 5.58. The van der Waals surface area contributed by atoms with Gasteiger partial charge >= 0.3 is 0 Å². The van der Waals surface area contributed by atoms with E-state index >= 15 is 0 Å². The number of rotatable bonds is 3. The maximum Gasteiger partial charge on any atom is 0.126 e. The van der Waals surface area contributed by atoms with Gasteiger partial charge in [-0.1, -0.05) is 0 Å². The lowest BCUT2D eigenvalue weighted by Crippen LogP contribution is -2.35. The third-order valence-corrected chi connectivity index (χ3v) is 4.96. The number of likely N-dealkylation sites (tertiary alicyclic amines) is 1. The average molecular weight is 291 g/mol. The van der Waals surface area contributed by atoms with Crippen molar-refractivity contribution in [1.82, 2.24) is 4.90 Å². The molecule has 2 saturated heterocycles. The van der Waals surface area contributed by atoms with Gasteiger partial charge in [0.2, 0.25) is 0 Å². The van der Waals surface area contributed by atoms with E-state index in [1.165, 1.54) is 32.4 Å². The van der Waals surface area contributed by atoms with Crippen LogP contribution in [0.5, 0.6) is 0 Å². The quantitative estimate of drug-likeness (QED) is 0.929. The van der Waals surface area contributed by atoms with E-state index < -0.39 is 0 Å². The van der Waals surface area contributed by atoms with Crippen LogP contribution < -0.4 is 10.6 Å². The maximum atomic E-state index is 13.8. The Kier molecular flexibility index (Phi) is 4.18. The Hall–Kier alpha value is -1.13. The number of anilines is 1. The molecule has 3 rings (SSSR count). The van der Waals surface area contributed by atoms with Crippen LogP contribution in [0.2, 0.25) is 0 Å². The molecule has 2 fully saturated rings. The zero-order chi connectivity index (χ0) is 15.0. The van der Waals surface area contributed by atoms with Gasteiger partial charge in [-0.15, -0.1) is 0 Å². The molecule has 21 heavy (non-hydrogen) atoms. The van der Waals surface area contributed by atoms with Gasteiger partial charge in [0.15, 0.2) is 0 Å². The molecule has 1 aromatic rings. The van der Waals surface area contributed by atoms with Crippen molar-refractivity contribution in [2.24, 2.45) is 5.73 Å². The Morgan fingerprint density at radius 3 is 2.62 bits per heavy atom. The van der Waals surface area contributed by atoms with Gasteiger partial charge in [-0.2, -0.15) is 0 Å². The first-order valence-corrected chi connectivity index (χ1v) is 8.11. The third-order valence-electron chi connectivity index (χ3n) is 4.96. The molecule has 0 spiro atoms. The van der Waals surface area contributed by atoms with Crippen molar-refractivity contribution in [3.8, 4) is 0 Å². The van der Waals surface area contributed by atoms with Gasteiger partial charge < -0.3 is 10.6 Å². The first-order valence-electron chi connectivity index (χ1n) is 8.11. The van der Waals surface area contributed by atoms with Crippen molar-refractivity contribution in [3.63, 3.8) is 0 Å². The number of nitrogens with two attached hydrogens (primary N) is 1. The largest absolute Gasteiger partial charge is 0.370 e. The molecule has 0 aliphatic carbocycles. The normalized spacial score (nSPS) is 24.8. The van der Waals surface area contributed by atoms with Crippen LogP contribution in [0.15, 0.2) is 12.1 Å². The molecular weight excluding hydrogens is 265 g/mol. The van der Waals surface area contributed by atoms with Crippen molar-refractivity contribution < 1.29 is 4.39 Å². The molecule has 0 aromatic heterocycles. The molecule has 1 aromatic carbocycles. The summed E-state index contributed by atoms with van der Waals surface area (Å²) in [6.07, 6.45) is 3.86. The van der Waals surface area contributed by atoms with Crippen LogP contribution in [0.4, 0.5) is 10.1 Å². The third kappa shape index (κ3) is 2.92. The van der Waals surface area contributed by atoms with Crippen LogP contribution in [0, 0.1) is 12.7 Å². The predicted molar refractivity (Wildman–Crippen MR) is 85.2 cm³/mol. The average Bonchev–Trinajstić information content (AvgIpc) is 3.10. The highest BCUT2D eigenvalue weighted by Gasteiger charge is 2.30. The van der Waals surface area contributed by atoms with Gasteiger partial charge in [-0.25, -0.2) is 4.39 Å². The van der Waals surface area contributed by atoms with E-state index in [1.807, 2.05) is 19.9 Å². The Bertz CT molecular complexity index is 509. The van der Waals surface area contributed by atoms with Crippen LogP contribution in [-0.4, -0.2) is 37.1 Å². The summed E-state index contributed by atoms with van der Waals surface area (Å²) >= 11 is 0. The molecule has 2 atom stereocenters. The summed E-state index contributed by atoms with van der Waals surface area (Å²) in [6.45, 7) is 8.33. The fraction of sp³-hybridized carbons (Fsp3) is 0.647. The molecular formula is C17H26FN3. The predicted octanol–water partition coefficient (Wildman–Crippen LogP) is 2.83. The summed E-state index contributed by atoms with van der Waals surface area (Å²) < 4.78 is 13.8. The zero-order valence-corrected chi connectivity index (χ0v) is 13.1. The Labute approximate surface area is 126 Å². The summed E-state index contributed by atoms with van der Waals surface area (Å²) in [5.74, 6) is -0.152. The van der Waals surface area contributed by atoms with Crippen LogP contribution in [0.25, 0.3) is 0 Å². The molecule has 3 nitrogen and oxygen atoms in total. The summed E-state index contributed by atoms with van der Waals surface area (Å²) in [5, 5.41) is 0. The van der Waals surface area contributed by atoms with E-state index in [2.05, 4.69) is 9.80 Å². The maximum absolute atomic E-state index is 13.8. The van der Waals surface area contributed by atoms with Gasteiger partial charge in [0.25, 0.3) is 0 Å². The number of aryl methyl sites for hydroxylation is 1. The van der Waals surface area contributed by atoms with E-state index in [-0.39, 0.29) is 11.9 Å². The highest BCUT2D eigenvalue weighted by Crippen LogP contribution is 2.32. The van der Waals surface area contributed by atoms with Gasteiger partial charge in [0.1, 0.15) is 5.82 Å². The molecule has 4 heteroatoms. The van der Waals surface area contributed by atoms with E-state index in [0.717, 1.165) is 24.3 Å². The molecule has 2 heterocycles. The van der Waals surface area contributed by atoms with Crippen molar-refractivity contribution >= 4 is 5.69 Å². The summed E-state index contributed by atoms with van der Waals surface area (Å²) in [5.41, 5.74) is 8.82. The van der Waals surface area contributed by atoms with Gasteiger partial charge in [-0.05, 0) is 69.5 Å². The second-order valence-corrected chi connectivity index (χ2v) is 6.58. The molecule has 0 radical (unpaired) electrons. The van der Waals surface area contributed by atoms with E-state index in [9.17, 15) is 4.39 Å². The number of nitrogens with zero attached hydrogens (tertiary/aromatic N) is 2. The summed E-state index contributed by atoms with van der Waals surface area (Å²) in [7, 11) is 0. The lowest BCUT2D eigenvalue weighted by molar-refractivity contribution is 0.260. The second-order valence-electron chi connectivity index (χ2n) is 6.58. The van der Waals surface area contributed by atoms with Gasteiger partial charge in [-0.3, -0.25) is 4.90 Å². The first kappa shape index (κ1) is 14.8. The minimum absolute atomic E-state index is 0.138. The second kappa shape index (κ2) is 5.93. The minimum Gasteiger partial charge on any atom is -0.370 e. The SMILES string of the molecule is Cc1cc(N2CCC(N3CCCC3)C2)c([C@H](C)N)cc1F. The lowest BCUT2D eigenvalue weighted by Gasteiger charge is -2.27. The molecule has 116 valence electrons. The molecule has 0 saturated carbocycles. The minimum atomic E-state index is -0.152. The molecule has 1 unspecified atom stereocenters. The van der Waals surface area contributed by atoms with Crippen molar-refractivity contribution in [2.45, 2.75) is 45.2 Å². The molecule has 2 aliphatic heterocycles. The number of hydrogen-bond acceptors (Lipinski definition) is 3. The monoisotopic (exact) mass is 291 g/mol. The molecule has 0 bridgehead atoms. The van der Waals surface area contributed by atoms with Crippen LogP contribution >= 0.6 is 0 Å². The fourth-order valence-electron chi connectivity index (χ4n) is 3.69. The summed E-state index contributed by atoms with van der Waals surface area (Å²) in [4.78, 5) is 5.01. The van der Waals surface area contributed by atoms with E-state index in [0.29, 0.717) is 11.6 Å². The highest BCUT2D eigenvalue weighted by atomic mass is 19.1. The lowest BCUT2D eigenvalue weighted by atomic mass is 10.0. The van der Waals surface area contributed by atoms with Crippen LogP contribution in [0.3, 0.4) is 0 Å². The van der Waals surface area contributed by atoms with Gasteiger partial charge in [0, 0.05) is 30.9 Å².